The second kappa shape index (κ2) is 5.52. The molecule has 0 aliphatic rings. The molecular formula is C13H13FN4O2. The van der Waals surface area contributed by atoms with Crippen molar-refractivity contribution < 1.29 is 9.18 Å². The van der Waals surface area contributed by atoms with Crippen LogP contribution in [0.4, 0.5) is 10.1 Å². The quantitative estimate of drug-likeness (QED) is 0.647. The highest BCUT2D eigenvalue weighted by molar-refractivity contribution is 5.94. The Hall–Kier alpha value is -2.70. The van der Waals surface area contributed by atoms with Gasteiger partial charge in [-0.05, 0) is 25.1 Å². The van der Waals surface area contributed by atoms with Crippen molar-refractivity contribution in [3.05, 3.63) is 58.0 Å². The molecule has 1 amide bonds. The molecular weight excluding hydrogens is 263 g/mol. The molecule has 2 aromatic heterocycles. The van der Waals surface area contributed by atoms with E-state index in [-0.39, 0.29) is 5.56 Å². The smallest absolute Gasteiger partial charge is 0.271 e. The number of rotatable bonds is 3. The van der Waals surface area contributed by atoms with Gasteiger partial charge in [-0.1, -0.05) is 0 Å². The molecule has 0 saturated heterocycles. The minimum Gasteiger partial charge on any atom is -0.318 e. The summed E-state index contributed by atoms with van der Waals surface area (Å²) < 4.78 is 14.1. The van der Waals surface area contributed by atoms with E-state index in [1.165, 1.54) is 35.0 Å². The molecule has 0 spiro atoms. The van der Waals surface area contributed by atoms with Crippen LogP contribution in [0.5, 0.6) is 0 Å². The largest absolute Gasteiger partial charge is 0.318 e. The van der Waals surface area contributed by atoms with Gasteiger partial charge in [0, 0.05) is 19.3 Å². The Morgan fingerprint density at radius 2 is 2.05 bits per heavy atom. The number of halogens is 1. The van der Waals surface area contributed by atoms with E-state index in [0.29, 0.717) is 16.9 Å². The van der Waals surface area contributed by atoms with E-state index >= 15 is 0 Å². The normalized spacial score (nSPS) is 10.2. The zero-order valence-electron chi connectivity index (χ0n) is 11.0. The number of nitrogens with zero attached hydrogens (tertiary/aromatic N) is 2. The van der Waals surface area contributed by atoms with Crippen molar-refractivity contribution in [1.29, 1.82) is 0 Å². The molecule has 2 aromatic rings. The van der Waals surface area contributed by atoms with Crippen LogP contribution in [0.25, 0.3) is 0 Å². The van der Waals surface area contributed by atoms with Crippen LogP contribution in [-0.2, 0) is 7.05 Å². The summed E-state index contributed by atoms with van der Waals surface area (Å²) in [5.74, 6) is -0.998. The molecule has 0 radical (unpaired) electrons. The van der Waals surface area contributed by atoms with Crippen LogP contribution in [0, 0.1) is 12.9 Å². The van der Waals surface area contributed by atoms with E-state index in [4.69, 9.17) is 0 Å². The van der Waals surface area contributed by atoms with E-state index in [2.05, 4.69) is 15.8 Å². The summed E-state index contributed by atoms with van der Waals surface area (Å²) in [6.07, 6.45) is 1.43. The molecule has 2 rings (SSSR count). The summed E-state index contributed by atoms with van der Waals surface area (Å²) >= 11 is 0. The summed E-state index contributed by atoms with van der Waals surface area (Å²) in [5, 5.41) is 0. The van der Waals surface area contributed by atoms with Gasteiger partial charge in [0.25, 0.3) is 5.91 Å². The molecule has 0 saturated carbocycles. The fraction of sp³-hybridized carbons (Fsp3) is 0.154. The van der Waals surface area contributed by atoms with Crippen LogP contribution in [0.1, 0.15) is 16.1 Å². The van der Waals surface area contributed by atoms with E-state index in [9.17, 15) is 14.0 Å². The molecule has 2 heterocycles. The highest BCUT2D eigenvalue weighted by Crippen LogP contribution is 2.10. The predicted molar refractivity (Wildman–Crippen MR) is 71.7 cm³/mol. The average molecular weight is 276 g/mol. The second-order valence-corrected chi connectivity index (χ2v) is 4.21. The van der Waals surface area contributed by atoms with Crippen molar-refractivity contribution >= 4 is 11.6 Å². The number of nitrogens with one attached hydrogen (secondary N) is 2. The molecule has 0 bridgehead atoms. The maximum Gasteiger partial charge on any atom is 0.271 e. The summed E-state index contributed by atoms with van der Waals surface area (Å²) in [7, 11) is 1.56. The first-order valence-corrected chi connectivity index (χ1v) is 5.83. The van der Waals surface area contributed by atoms with Gasteiger partial charge >= 0.3 is 0 Å². The number of pyridine rings is 2. The number of carbonyl (C=O) groups excluding carboxylic acids is 1. The first-order chi connectivity index (χ1) is 9.47. The third-order valence-corrected chi connectivity index (χ3v) is 2.71. The van der Waals surface area contributed by atoms with Gasteiger partial charge < -0.3 is 4.57 Å². The fourth-order valence-electron chi connectivity index (χ4n) is 1.59. The van der Waals surface area contributed by atoms with Crippen LogP contribution in [0.3, 0.4) is 0 Å². The van der Waals surface area contributed by atoms with Gasteiger partial charge in [-0.25, -0.2) is 4.98 Å². The predicted octanol–water partition coefficient (Wildman–Crippen LogP) is 0.985. The Morgan fingerprint density at radius 1 is 1.30 bits per heavy atom. The van der Waals surface area contributed by atoms with Crippen LogP contribution < -0.4 is 16.4 Å². The number of hydrogen-bond donors (Lipinski definition) is 2. The van der Waals surface area contributed by atoms with E-state index in [0.717, 1.165) is 0 Å². The average Bonchev–Trinajstić information content (AvgIpc) is 2.40. The van der Waals surface area contributed by atoms with Gasteiger partial charge in [-0.15, -0.1) is 0 Å². The number of aryl methyl sites for hydroxylation is 2. The molecule has 0 aliphatic carbocycles. The Morgan fingerprint density at radius 3 is 2.70 bits per heavy atom. The summed E-state index contributed by atoms with van der Waals surface area (Å²) in [5.41, 5.74) is 6.15. The molecule has 6 nitrogen and oxygen atoms in total. The number of carbonyl (C=O) groups is 1. The summed E-state index contributed by atoms with van der Waals surface area (Å²) in [4.78, 5) is 26.7. The number of amides is 1. The van der Waals surface area contributed by atoms with Gasteiger partial charge in [0.05, 0.1) is 16.9 Å². The summed E-state index contributed by atoms with van der Waals surface area (Å²) in [6.45, 7) is 1.61. The van der Waals surface area contributed by atoms with Gasteiger partial charge in [0.1, 0.15) is 0 Å². The molecule has 0 aromatic carbocycles. The lowest BCUT2D eigenvalue weighted by molar-refractivity contribution is 0.0962. The van der Waals surface area contributed by atoms with E-state index in [1.54, 1.807) is 14.0 Å². The highest BCUT2D eigenvalue weighted by atomic mass is 19.1. The Labute approximate surface area is 114 Å². The fourth-order valence-corrected chi connectivity index (χ4v) is 1.59. The standard InChI is InChI=1S/C13H13FN4O2/c1-8-10(4-5-11(14)15-8)16-17-13(20)9-3-6-12(19)18(2)7-9/h3-7,16H,1-2H3,(H,17,20). The Balaban J connectivity index is 2.08. The number of hydrazine groups is 1. The Kier molecular flexibility index (Phi) is 3.79. The van der Waals surface area contributed by atoms with Crippen LogP contribution in [-0.4, -0.2) is 15.5 Å². The third kappa shape index (κ3) is 3.00. The third-order valence-electron chi connectivity index (χ3n) is 2.71. The van der Waals surface area contributed by atoms with Gasteiger partial charge in [0.2, 0.25) is 11.5 Å². The van der Waals surface area contributed by atoms with Gasteiger partial charge in [0.15, 0.2) is 0 Å². The maximum absolute atomic E-state index is 12.8. The van der Waals surface area contributed by atoms with Crippen molar-refractivity contribution in [2.45, 2.75) is 6.92 Å². The summed E-state index contributed by atoms with van der Waals surface area (Å²) in [6, 6.07) is 5.39. The van der Waals surface area contributed by atoms with E-state index in [1.807, 2.05) is 0 Å². The first kappa shape index (κ1) is 13.7. The van der Waals surface area contributed by atoms with E-state index < -0.39 is 11.9 Å². The molecule has 2 N–H and O–H groups in total. The molecule has 0 atom stereocenters. The van der Waals surface area contributed by atoms with Crippen molar-refractivity contribution in [3.8, 4) is 0 Å². The molecule has 0 aliphatic heterocycles. The highest BCUT2D eigenvalue weighted by Gasteiger charge is 2.07. The van der Waals surface area contributed by atoms with Crippen molar-refractivity contribution in [2.75, 3.05) is 5.43 Å². The van der Waals surface area contributed by atoms with Crippen LogP contribution >= 0.6 is 0 Å². The zero-order valence-corrected chi connectivity index (χ0v) is 11.0. The first-order valence-electron chi connectivity index (χ1n) is 5.83. The Bertz CT molecular complexity index is 712. The number of aromatic nitrogens is 2. The number of anilines is 1. The topological polar surface area (TPSA) is 76.0 Å². The van der Waals surface area contributed by atoms with Crippen molar-refractivity contribution in [3.63, 3.8) is 0 Å². The lowest BCUT2D eigenvalue weighted by atomic mass is 10.2. The minimum atomic E-state index is -0.586. The lowest BCUT2D eigenvalue weighted by Gasteiger charge is -2.10. The lowest BCUT2D eigenvalue weighted by Crippen LogP contribution is -2.31. The van der Waals surface area contributed by atoms with Gasteiger partial charge in [-0.2, -0.15) is 4.39 Å². The van der Waals surface area contributed by atoms with Crippen molar-refractivity contribution in [2.24, 2.45) is 7.05 Å². The molecule has 0 fully saturated rings. The van der Waals surface area contributed by atoms with Crippen LogP contribution in [0.15, 0.2) is 35.3 Å². The molecule has 20 heavy (non-hydrogen) atoms. The van der Waals surface area contributed by atoms with Crippen molar-refractivity contribution in [1.82, 2.24) is 15.0 Å². The SMILES string of the molecule is Cc1nc(F)ccc1NNC(=O)c1ccc(=O)n(C)c1. The maximum atomic E-state index is 12.8. The molecule has 7 heteroatoms. The monoisotopic (exact) mass is 276 g/mol. The molecule has 104 valence electrons. The van der Waals surface area contributed by atoms with Gasteiger partial charge in [-0.3, -0.25) is 20.4 Å². The number of hydrogen-bond acceptors (Lipinski definition) is 4. The second-order valence-electron chi connectivity index (χ2n) is 4.21. The molecule has 0 unspecified atom stereocenters. The van der Waals surface area contributed by atoms with Crippen LogP contribution in [0.2, 0.25) is 0 Å². The zero-order chi connectivity index (χ0) is 14.7. The minimum absolute atomic E-state index is 0.201.